The Morgan fingerprint density at radius 2 is 1.38 bits per heavy atom. The Kier molecular flexibility index (Phi) is 9.35. The predicted octanol–water partition coefficient (Wildman–Crippen LogP) is 9.46. The highest BCUT2D eigenvalue weighted by molar-refractivity contribution is 6.08. The lowest BCUT2D eigenvalue weighted by molar-refractivity contribution is -0.131. The Labute approximate surface area is 276 Å². The fourth-order valence-electron chi connectivity index (χ4n) is 6.37. The number of fused-ring (bicyclic) bond motifs is 3. The number of benzene rings is 5. The summed E-state index contributed by atoms with van der Waals surface area (Å²) in [7, 11) is 0. The van der Waals surface area contributed by atoms with Gasteiger partial charge in [0.1, 0.15) is 11.3 Å². The van der Waals surface area contributed by atoms with Gasteiger partial charge in [0.2, 0.25) is 0 Å². The van der Waals surface area contributed by atoms with Crippen molar-refractivity contribution < 1.29 is 23.8 Å². The number of rotatable bonds is 10. The first kappa shape index (κ1) is 31.6. The predicted molar refractivity (Wildman–Crippen MR) is 189 cm³/mol. The van der Waals surface area contributed by atoms with Gasteiger partial charge in [-0.2, -0.15) is 0 Å². The van der Waals surface area contributed by atoms with Crippen molar-refractivity contribution >= 4 is 40.9 Å². The van der Waals surface area contributed by atoms with E-state index in [4.69, 9.17) is 14.2 Å². The normalized spacial score (nSPS) is 15.4. The van der Waals surface area contributed by atoms with Gasteiger partial charge in [-0.3, -0.25) is 4.79 Å². The summed E-state index contributed by atoms with van der Waals surface area (Å²) in [5.74, 6) is 0.0410. The van der Waals surface area contributed by atoms with E-state index in [1.165, 1.54) is 6.92 Å². The van der Waals surface area contributed by atoms with Gasteiger partial charge in [-0.1, -0.05) is 122 Å². The summed E-state index contributed by atoms with van der Waals surface area (Å²) in [6.07, 6.45) is 9.89. The summed E-state index contributed by atoms with van der Waals surface area (Å²) in [6.45, 7) is 6.06. The number of hydrogen-bond acceptors (Lipinski definition) is 5. The Bertz CT molecular complexity index is 1950. The van der Waals surface area contributed by atoms with Crippen molar-refractivity contribution in [1.29, 1.82) is 0 Å². The zero-order valence-corrected chi connectivity index (χ0v) is 27.0. The molecule has 0 aromatic heterocycles. The van der Waals surface area contributed by atoms with Crippen molar-refractivity contribution in [2.45, 2.75) is 39.0 Å². The maximum Gasteiger partial charge on any atom is 0.342 e. The van der Waals surface area contributed by atoms with Crippen LogP contribution < -0.4 is 9.47 Å². The van der Waals surface area contributed by atoms with Gasteiger partial charge in [-0.25, -0.2) is 4.79 Å². The third-order valence-corrected chi connectivity index (χ3v) is 8.57. The smallest absolute Gasteiger partial charge is 0.342 e. The van der Waals surface area contributed by atoms with Crippen LogP contribution in [0.15, 0.2) is 109 Å². The minimum absolute atomic E-state index is 0.200. The van der Waals surface area contributed by atoms with Crippen LogP contribution >= 0.6 is 0 Å². The maximum atomic E-state index is 13.5. The third kappa shape index (κ3) is 6.48. The third-order valence-electron chi connectivity index (χ3n) is 8.57. The summed E-state index contributed by atoms with van der Waals surface area (Å²) in [4.78, 5) is 25.8. The Balaban J connectivity index is 1.52. The van der Waals surface area contributed by atoms with E-state index in [0.717, 1.165) is 45.4 Å². The fraction of sp³-hybridized carbons (Fsp3) is 0.190. The average molecular weight is 623 g/mol. The summed E-state index contributed by atoms with van der Waals surface area (Å²) in [5.41, 5.74) is 5.85. The van der Waals surface area contributed by atoms with Crippen LogP contribution in [0, 0.1) is 0 Å². The number of carbonyl (C=O) groups excluding carboxylic acids is 2. The SMILES string of the molecule is CCCOc1ccc(C2(c3ccc(/C=C/c4ccccc4)cc3)C=Cc3c(C(=O)OCC)c(OC(C)=O)c4ccccc4c3C2)cc1. The molecule has 6 rings (SSSR count). The Morgan fingerprint density at radius 3 is 2.02 bits per heavy atom. The van der Waals surface area contributed by atoms with Gasteiger partial charge in [0.15, 0.2) is 5.75 Å². The molecule has 0 aliphatic heterocycles. The number of carbonyl (C=O) groups is 2. The molecular weight excluding hydrogens is 584 g/mol. The lowest BCUT2D eigenvalue weighted by Gasteiger charge is -2.37. The second kappa shape index (κ2) is 13.9. The van der Waals surface area contributed by atoms with Crippen LogP contribution in [0.25, 0.3) is 29.0 Å². The molecule has 5 aromatic rings. The molecule has 0 saturated heterocycles. The van der Waals surface area contributed by atoms with E-state index in [9.17, 15) is 9.59 Å². The van der Waals surface area contributed by atoms with Crippen LogP contribution in [0.3, 0.4) is 0 Å². The quantitative estimate of drug-likeness (QED) is 0.0882. The van der Waals surface area contributed by atoms with E-state index >= 15 is 0 Å². The van der Waals surface area contributed by atoms with Crippen molar-refractivity contribution in [2.24, 2.45) is 0 Å². The molecule has 0 saturated carbocycles. The second-order valence-electron chi connectivity index (χ2n) is 11.7. The lowest BCUT2D eigenvalue weighted by atomic mass is 9.66. The van der Waals surface area contributed by atoms with Gasteiger partial charge in [-0.15, -0.1) is 0 Å². The van der Waals surface area contributed by atoms with Crippen molar-refractivity contribution in [3.63, 3.8) is 0 Å². The molecule has 1 atom stereocenters. The van der Waals surface area contributed by atoms with Gasteiger partial charge < -0.3 is 14.2 Å². The molecule has 0 heterocycles. The molecule has 0 N–H and O–H groups in total. The highest BCUT2D eigenvalue weighted by atomic mass is 16.5. The van der Waals surface area contributed by atoms with Crippen LogP contribution in [0.1, 0.15) is 70.9 Å². The minimum Gasteiger partial charge on any atom is -0.494 e. The molecule has 0 bridgehead atoms. The van der Waals surface area contributed by atoms with E-state index in [2.05, 4.69) is 73.7 Å². The van der Waals surface area contributed by atoms with E-state index < -0.39 is 17.4 Å². The molecule has 5 aromatic carbocycles. The molecule has 5 nitrogen and oxygen atoms in total. The van der Waals surface area contributed by atoms with Crippen LogP contribution in [0.5, 0.6) is 11.5 Å². The largest absolute Gasteiger partial charge is 0.494 e. The van der Waals surface area contributed by atoms with Crippen molar-refractivity contribution in [2.75, 3.05) is 13.2 Å². The van der Waals surface area contributed by atoms with Gasteiger partial charge in [0.25, 0.3) is 0 Å². The monoisotopic (exact) mass is 622 g/mol. The van der Waals surface area contributed by atoms with E-state index in [1.54, 1.807) is 6.92 Å². The Hall–Kier alpha value is -5.42. The fourth-order valence-corrected chi connectivity index (χ4v) is 6.37. The minimum atomic E-state index is -0.560. The van der Waals surface area contributed by atoms with Crippen LogP contribution in [0.4, 0.5) is 0 Å². The summed E-state index contributed by atoms with van der Waals surface area (Å²) < 4.78 is 17.2. The average Bonchev–Trinajstić information content (AvgIpc) is 3.10. The Morgan fingerprint density at radius 1 is 0.766 bits per heavy atom. The second-order valence-corrected chi connectivity index (χ2v) is 11.7. The van der Waals surface area contributed by atoms with Crippen LogP contribution in [-0.4, -0.2) is 25.2 Å². The standard InChI is InChI=1S/C42H38O5/c1-4-27-46-34-23-21-33(22-24-34)42(32-19-17-31(18-20-32)16-15-30-11-7-6-8-12-30)26-25-36-38(28-42)35-13-9-10-14-37(35)40(47-29(3)43)39(36)41(44)45-5-2/h6-26H,4-5,27-28H2,1-3H3/b16-15+. The molecular formula is C42H38O5. The summed E-state index contributed by atoms with van der Waals surface area (Å²) in [5, 5.41) is 1.62. The number of allylic oxidation sites excluding steroid dienone is 1. The first-order chi connectivity index (χ1) is 22.9. The molecule has 47 heavy (non-hydrogen) atoms. The highest BCUT2D eigenvalue weighted by Gasteiger charge is 2.38. The van der Waals surface area contributed by atoms with E-state index in [1.807, 2.05) is 60.7 Å². The summed E-state index contributed by atoms with van der Waals surface area (Å²) >= 11 is 0. The number of ether oxygens (including phenoxy) is 3. The van der Waals surface area contributed by atoms with Crippen LogP contribution in [0.2, 0.25) is 0 Å². The molecule has 0 fully saturated rings. The van der Waals surface area contributed by atoms with Gasteiger partial charge in [-0.05, 0) is 70.7 Å². The highest BCUT2D eigenvalue weighted by Crippen LogP contribution is 2.47. The van der Waals surface area contributed by atoms with E-state index in [0.29, 0.717) is 24.0 Å². The van der Waals surface area contributed by atoms with Gasteiger partial charge >= 0.3 is 11.9 Å². The van der Waals surface area contributed by atoms with Gasteiger partial charge in [0.05, 0.1) is 13.2 Å². The van der Waals surface area contributed by atoms with Gasteiger partial charge in [0, 0.05) is 17.7 Å². The lowest BCUT2D eigenvalue weighted by Crippen LogP contribution is -2.31. The van der Waals surface area contributed by atoms with Crippen LogP contribution in [-0.2, 0) is 21.4 Å². The molecule has 0 spiro atoms. The molecule has 1 aliphatic carbocycles. The molecule has 1 unspecified atom stereocenters. The zero-order chi connectivity index (χ0) is 32.8. The molecule has 0 amide bonds. The molecule has 5 heteroatoms. The molecule has 0 radical (unpaired) electrons. The summed E-state index contributed by atoms with van der Waals surface area (Å²) in [6, 6.07) is 35.0. The topological polar surface area (TPSA) is 61.8 Å². The van der Waals surface area contributed by atoms with E-state index in [-0.39, 0.29) is 17.9 Å². The molecule has 1 aliphatic rings. The van der Waals surface area contributed by atoms with Crippen molar-refractivity contribution in [1.82, 2.24) is 0 Å². The zero-order valence-electron chi connectivity index (χ0n) is 27.0. The maximum absolute atomic E-state index is 13.5. The number of esters is 2. The number of hydrogen-bond donors (Lipinski definition) is 0. The first-order valence-corrected chi connectivity index (χ1v) is 16.1. The molecule has 236 valence electrons. The first-order valence-electron chi connectivity index (χ1n) is 16.1. The van der Waals surface area contributed by atoms with Crippen molar-refractivity contribution in [3.8, 4) is 11.5 Å². The van der Waals surface area contributed by atoms with Crippen molar-refractivity contribution in [3.05, 3.63) is 148 Å².